The molecule has 1 aromatic rings. The highest BCUT2D eigenvalue weighted by atomic mass is 16.6. The van der Waals surface area contributed by atoms with Gasteiger partial charge in [0.2, 0.25) is 0 Å². The van der Waals surface area contributed by atoms with E-state index in [2.05, 4.69) is 30.9 Å². The normalized spacial score (nSPS) is 21.0. The van der Waals surface area contributed by atoms with Crippen LogP contribution in [0.15, 0.2) is 24.3 Å². The molecule has 0 radical (unpaired) electrons. The molecule has 0 aromatic heterocycles. The van der Waals surface area contributed by atoms with Crippen molar-refractivity contribution in [2.45, 2.75) is 78.1 Å². The van der Waals surface area contributed by atoms with E-state index in [0.717, 1.165) is 25.2 Å². The summed E-state index contributed by atoms with van der Waals surface area (Å²) in [5.74, 6) is -0.244. The molecule has 0 bridgehead atoms. The van der Waals surface area contributed by atoms with E-state index in [-0.39, 0.29) is 24.1 Å². The zero-order chi connectivity index (χ0) is 22.0. The molecule has 29 heavy (non-hydrogen) atoms. The summed E-state index contributed by atoms with van der Waals surface area (Å²) in [5.41, 5.74) is 0.951. The lowest BCUT2D eigenvalue weighted by Gasteiger charge is -2.44. The molecule has 1 aliphatic rings. The number of benzene rings is 1. The van der Waals surface area contributed by atoms with Crippen LogP contribution in [0.4, 0.5) is 4.79 Å². The SMILES string of the molecule is COC(=O)C(C)(C)c1ccc(CN2C[C@@H](C)N(C(=O)OC(C)(C)C)[C@@H](C)C2)cc1. The minimum Gasteiger partial charge on any atom is -0.468 e. The highest BCUT2D eigenvalue weighted by Gasteiger charge is 2.35. The fourth-order valence-electron chi connectivity index (χ4n) is 3.89. The van der Waals surface area contributed by atoms with Crippen molar-refractivity contribution < 1.29 is 19.1 Å². The van der Waals surface area contributed by atoms with Crippen LogP contribution in [0, 0.1) is 0 Å². The molecule has 1 aromatic carbocycles. The van der Waals surface area contributed by atoms with Crippen LogP contribution in [0.1, 0.15) is 59.6 Å². The number of nitrogens with zero attached hydrogens (tertiary/aromatic N) is 2. The standard InChI is InChI=1S/C23H36N2O4/c1-16-13-24(14-17(2)25(16)21(27)29-22(3,4)5)15-18-9-11-19(12-10-18)23(6,7)20(26)28-8/h9-12,16-17H,13-15H2,1-8H3/t16-,17+. The van der Waals surface area contributed by atoms with Gasteiger partial charge in [-0.05, 0) is 59.6 Å². The molecule has 162 valence electrons. The van der Waals surface area contributed by atoms with Crippen molar-refractivity contribution in [2.24, 2.45) is 0 Å². The van der Waals surface area contributed by atoms with Crippen molar-refractivity contribution in [1.29, 1.82) is 0 Å². The third kappa shape index (κ3) is 5.72. The minimum atomic E-state index is -0.671. The van der Waals surface area contributed by atoms with Gasteiger partial charge in [-0.25, -0.2) is 4.79 Å². The highest BCUT2D eigenvalue weighted by Crippen LogP contribution is 2.26. The van der Waals surface area contributed by atoms with Gasteiger partial charge >= 0.3 is 12.1 Å². The van der Waals surface area contributed by atoms with E-state index in [4.69, 9.17) is 9.47 Å². The van der Waals surface area contributed by atoms with Crippen molar-refractivity contribution in [3.05, 3.63) is 35.4 Å². The molecule has 1 amide bonds. The maximum Gasteiger partial charge on any atom is 0.410 e. The van der Waals surface area contributed by atoms with Gasteiger partial charge in [0.15, 0.2) is 0 Å². The lowest BCUT2D eigenvalue weighted by molar-refractivity contribution is -0.146. The Bertz CT molecular complexity index is 709. The number of hydrogen-bond acceptors (Lipinski definition) is 5. The second-order valence-corrected chi connectivity index (χ2v) is 9.59. The highest BCUT2D eigenvalue weighted by molar-refractivity contribution is 5.82. The molecule has 0 saturated carbocycles. The third-order valence-electron chi connectivity index (χ3n) is 5.38. The van der Waals surface area contributed by atoms with Gasteiger partial charge in [-0.1, -0.05) is 24.3 Å². The number of amides is 1. The van der Waals surface area contributed by atoms with Crippen LogP contribution in [0.3, 0.4) is 0 Å². The Morgan fingerprint density at radius 1 is 1.00 bits per heavy atom. The first-order valence-electron chi connectivity index (χ1n) is 10.3. The minimum absolute atomic E-state index is 0.0751. The summed E-state index contributed by atoms with van der Waals surface area (Å²) in [5, 5.41) is 0. The summed E-state index contributed by atoms with van der Waals surface area (Å²) in [6.07, 6.45) is -0.244. The van der Waals surface area contributed by atoms with Gasteiger partial charge in [0, 0.05) is 31.7 Å². The monoisotopic (exact) mass is 404 g/mol. The molecule has 0 N–H and O–H groups in total. The molecule has 1 saturated heterocycles. The Balaban J connectivity index is 2.02. The Morgan fingerprint density at radius 3 is 1.97 bits per heavy atom. The topological polar surface area (TPSA) is 59.1 Å². The van der Waals surface area contributed by atoms with Gasteiger partial charge in [-0.3, -0.25) is 9.69 Å². The number of piperazine rings is 1. The van der Waals surface area contributed by atoms with E-state index in [1.807, 2.05) is 51.7 Å². The molecular weight excluding hydrogens is 368 g/mol. The van der Waals surface area contributed by atoms with Crippen LogP contribution < -0.4 is 0 Å². The Morgan fingerprint density at radius 2 is 1.52 bits per heavy atom. The Hall–Kier alpha value is -2.08. The second-order valence-electron chi connectivity index (χ2n) is 9.59. The first-order valence-corrected chi connectivity index (χ1v) is 10.3. The smallest absolute Gasteiger partial charge is 0.410 e. The summed E-state index contributed by atoms with van der Waals surface area (Å²) >= 11 is 0. The van der Waals surface area contributed by atoms with Gasteiger partial charge in [0.05, 0.1) is 12.5 Å². The molecule has 0 unspecified atom stereocenters. The summed E-state index contributed by atoms with van der Waals surface area (Å²) in [4.78, 5) is 28.8. The molecule has 6 nitrogen and oxygen atoms in total. The maximum atomic E-state index is 12.6. The van der Waals surface area contributed by atoms with Crippen molar-refractivity contribution in [3.63, 3.8) is 0 Å². The van der Waals surface area contributed by atoms with E-state index < -0.39 is 11.0 Å². The van der Waals surface area contributed by atoms with Crippen LogP contribution >= 0.6 is 0 Å². The lowest BCUT2D eigenvalue weighted by Crippen LogP contribution is -2.59. The molecule has 1 heterocycles. The van der Waals surface area contributed by atoms with E-state index in [9.17, 15) is 9.59 Å². The van der Waals surface area contributed by atoms with Crippen molar-refractivity contribution in [2.75, 3.05) is 20.2 Å². The summed E-state index contributed by atoms with van der Waals surface area (Å²) < 4.78 is 10.5. The number of hydrogen-bond donors (Lipinski definition) is 0. The number of methoxy groups -OCH3 is 1. The Labute approximate surface area is 175 Å². The first kappa shape index (κ1) is 23.2. The largest absolute Gasteiger partial charge is 0.468 e. The molecule has 0 aliphatic carbocycles. The first-order chi connectivity index (χ1) is 13.3. The summed E-state index contributed by atoms with van der Waals surface area (Å²) in [6.45, 7) is 15.9. The van der Waals surface area contributed by atoms with E-state index in [1.165, 1.54) is 12.7 Å². The fraction of sp³-hybridized carbons (Fsp3) is 0.652. The van der Waals surface area contributed by atoms with Crippen LogP contribution in [0.2, 0.25) is 0 Å². The van der Waals surface area contributed by atoms with E-state index in [1.54, 1.807) is 0 Å². The predicted molar refractivity (Wildman–Crippen MR) is 114 cm³/mol. The third-order valence-corrected chi connectivity index (χ3v) is 5.38. The number of ether oxygens (including phenoxy) is 2. The van der Waals surface area contributed by atoms with Crippen molar-refractivity contribution >= 4 is 12.1 Å². The van der Waals surface area contributed by atoms with Crippen molar-refractivity contribution in [3.8, 4) is 0 Å². The number of carbonyl (C=O) groups excluding carboxylic acids is 2. The summed E-state index contributed by atoms with van der Waals surface area (Å²) in [6, 6.07) is 8.27. The molecule has 2 atom stereocenters. The van der Waals surface area contributed by atoms with Gasteiger partial charge in [0.25, 0.3) is 0 Å². The molecule has 2 rings (SSSR count). The quantitative estimate of drug-likeness (QED) is 0.711. The number of esters is 1. The van der Waals surface area contributed by atoms with Gasteiger partial charge in [0.1, 0.15) is 5.60 Å². The maximum absolute atomic E-state index is 12.6. The summed E-state index contributed by atoms with van der Waals surface area (Å²) in [7, 11) is 1.41. The molecule has 1 aliphatic heterocycles. The Kier molecular flexibility index (Phi) is 6.99. The number of carbonyl (C=O) groups is 2. The van der Waals surface area contributed by atoms with Crippen molar-refractivity contribution in [1.82, 2.24) is 9.80 Å². The lowest BCUT2D eigenvalue weighted by atomic mass is 9.84. The predicted octanol–water partition coefficient (Wildman–Crippen LogP) is 3.97. The molecule has 6 heteroatoms. The zero-order valence-corrected chi connectivity index (χ0v) is 19.1. The second kappa shape index (κ2) is 8.74. The fourth-order valence-corrected chi connectivity index (χ4v) is 3.89. The van der Waals surface area contributed by atoms with Gasteiger partial charge < -0.3 is 14.4 Å². The average molecular weight is 405 g/mol. The zero-order valence-electron chi connectivity index (χ0n) is 19.1. The van der Waals surface area contributed by atoms with Crippen LogP contribution in [-0.2, 0) is 26.2 Å². The van der Waals surface area contributed by atoms with Gasteiger partial charge in [-0.15, -0.1) is 0 Å². The average Bonchev–Trinajstić information content (AvgIpc) is 2.59. The van der Waals surface area contributed by atoms with E-state index in [0.29, 0.717) is 0 Å². The number of rotatable bonds is 4. The van der Waals surface area contributed by atoms with E-state index >= 15 is 0 Å². The molecule has 1 fully saturated rings. The van der Waals surface area contributed by atoms with Gasteiger partial charge in [-0.2, -0.15) is 0 Å². The van der Waals surface area contributed by atoms with Crippen LogP contribution in [0.25, 0.3) is 0 Å². The molecular formula is C23H36N2O4. The van der Waals surface area contributed by atoms with Crippen LogP contribution in [0.5, 0.6) is 0 Å². The van der Waals surface area contributed by atoms with Crippen LogP contribution in [-0.4, -0.2) is 59.7 Å². The molecule has 0 spiro atoms.